The predicted molar refractivity (Wildman–Crippen MR) is 87.3 cm³/mol. The van der Waals surface area contributed by atoms with E-state index in [2.05, 4.69) is 26.6 Å². The van der Waals surface area contributed by atoms with Crippen molar-refractivity contribution in [3.63, 3.8) is 0 Å². The fourth-order valence-corrected chi connectivity index (χ4v) is 2.12. The SMILES string of the molecule is CC(Nc1ccc(Br)cc1)C(=O)Nc1ccc(Cl)cc1F. The van der Waals surface area contributed by atoms with E-state index in [1.165, 1.54) is 12.1 Å². The molecule has 110 valence electrons. The van der Waals surface area contributed by atoms with E-state index in [0.29, 0.717) is 0 Å². The molecule has 0 aliphatic carbocycles. The summed E-state index contributed by atoms with van der Waals surface area (Å²) in [7, 11) is 0. The van der Waals surface area contributed by atoms with Crippen LogP contribution in [0.25, 0.3) is 0 Å². The van der Waals surface area contributed by atoms with Gasteiger partial charge < -0.3 is 10.6 Å². The van der Waals surface area contributed by atoms with Gasteiger partial charge in [0.05, 0.1) is 5.69 Å². The Morgan fingerprint density at radius 3 is 2.52 bits per heavy atom. The number of halogens is 3. The minimum absolute atomic E-state index is 0.105. The van der Waals surface area contributed by atoms with Crippen molar-refractivity contribution in [2.75, 3.05) is 10.6 Å². The molecule has 2 aromatic rings. The first-order chi connectivity index (χ1) is 9.95. The van der Waals surface area contributed by atoms with Gasteiger partial charge in [-0.25, -0.2) is 4.39 Å². The highest BCUT2D eigenvalue weighted by molar-refractivity contribution is 9.10. The number of nitrogens with one attached hydrogen (secondary N) is 2. The van der Waals surface area contributed by atoms with Crippen LogP contribution in [0.2, 0.25) is 5.02 Å². The van der Waals surface area contributed by atoms with Gasteiger partial charge in [-0.1, -0.05) is 27.5 Å². The molecule has 0 aliphatic heterocycles. The largest absolute Gasteiger partial charge is 0.374 e. The monoisotopic (exact) mass is 370 g/mol. The number of rotatable bonds is 4. The van der Waals surface area contributed by atoms with Crippen LogP contribution in [-0.4, -0.2) is 11.9 Å². The average molecular weight is 372 g/mol. The topological polar surface area (TPSA) is 41.1 Å². The highest BCUT2D eigenvalue weighted by atomic mass is 79.9. The van der Waals surface area contributed by atoms with Gasteiger partial charge in [-0.2, -0.15) is 0 Å². The average Bonchev–Trinajstić information content (AvgIpc) is 2.44. The second kappa shape index (κ2) is 6.91. The molecule has 0 heterocycles. The Morgan fingerprint density at radius 2 is 1.90 bits per heavy atom. The molecule has 0 spiro atoms. The highest BCUT2D eigenvalue weighted by Crippen LogP contribution is 2.19. The molecule has 0 aromatic heterocycles. The number of hydrogen-bond donors (Lipinski definition) is 2. The Bertz CT molecular complexity index is 649. The molecule has 6 heteroatoms. The fourth-order valence-electron chi connectivity index (χ4n) is 1.69. The van der Waals surface area contributed by atoms with Crippen molar-refractivity contribution >= 4 is 44.8 Å². The molecule has 0 saturated carbocycles. The molecule has 0 aliphatic rings. The molecular formula is C15H13BrClFN2O. The van der Waals surface area contributed by atoms with Crippen LogP contribution in [0.3, 0.4) is 0 Å². The minimum atomic E-state index is -0.563. The standard InChI is InChI=1S/C15H13BrClFN2O/c1-9(19-12-5-2-10(16)3-6-12)15(21)20-14-7-4-11(17)8-13(14)18/h2-9,19H,1H3,(H,20,21). The molecule has 0 fully saturated rings. The van der Waals surface area contributed by atoms with E-state index in [4.69, 9.17) is 11.6 Å². The van der Waals surface area contributed by atoms with E-state index in [9.17, 15) is 9.18 Å². The van der Waals surface area contributed by atoms with Gasteiger partial charge in [-0.3, -0.25) is 4.79 Å². The molecule has 0 radical (unpaired) electrons. The van der Waals surface area contributed by atoms with Crippen molar-refractivity contribution < 1.29 is 9.18 Å². The zero-order valence-corrected chi connectivity index (χ0v) is 13.5. The summed E-state index contributed by atoms with van der Waals surface area (Å²) in [6.45, 7) is 1.70. The van der Waals surface area contributed by atoms with Crippen LogP contribution < -0.4 is 10.6 Å². The summed E-state index contributed by atoms with van der Waals surface area (Å²) >= 11 is 9.01. The lowest BCUT2D eigenvalue weighted by Crippen LogP contribution is -2.32. The van der Waals surface area contributed by atoms with Crippen molar-refractivity contribution in [2.24, 2.45) is 0 Å². The number of carbonyl (C=O) groups excluding carboxylic acids is 1. The van der Waals surface area contributed by atoms with Crippen LogP contribution in [0, 0.1) is 5.82 Å². The summed E-state index contributed by atoms with van der Waals surface area (Å²) in [5.74, 6) is -0.897. The van der Waals surface area contributed by atoms with Crippen LogP contribution in [-0.2, 0) is 4.79 Å². The molecule has 21 heavy (non-hydrogen) atoms. The molecule has 3 nitrogen and oxygen atoms in total. The predicted octanol–water partition coefficient (Wildman–Crippen LogP) is 4.68. The number of anilines is 2. The third kappa shape index (κ3) is 4.44. The van der Waals surface area contributed by atoms with Crippen LogP contribution in [0.15, 0.2) is 46.9 Å². The molecule has 2 aromatic carbocycles. The Hall–Kier alpha value is -1.59. The fraction of sp³-hybridized carbons (Fsp3) is 0.133. The summed E-state index contributed by atoms with van der Waals surface area (Å²) in [5.41, 5.74) is 0.909. The molecule has 2 rings (SSSR count). The third-order valence-corrected chi connectivity index (χ3v) is 3.57. The number of carbonyl (C=O) groups is 1. The van der Waals surface area contributed by atoms with Crippen molar-refractivity contribution in [3.8, 4) is 0 Å². The Labute approximate surface area is 135 Å². The Kier molecular flexibility index (Phi) is 5.20. The van der Waals surface area contributed by atoms with Crippen molar-refractivity contribution in [2.45, 2.75) is 13.0 Å². The van der Waals surface area contributed by atoms with Crippen molar-refractivity contribution in [1.29, 1.82) is 0 Å². The molecule has 1 amide bonds. The van der Waals surface area contributed by atoms with Crippen LogP contribution in [0.5, 0.6) is 0 Å². The second-order valence-electron chi connectivity index (χ2n) is 4.49. The van der Waals surface area contributed by atoms with Gasteiger partial charge in [0.25, 0.3) is 0 Å². The minimum Gasteiger partial charge on any atom is -0.374 e. The van der Waals surface area contributed by atoms with E-state index < -0.39 is 11.9 Å². The summed E-state index contributed by atoms with van der Waals surface area (Å²) in [4.78, 5) is 12.0. The Balaban J connectivity index is 2.00. The first kappa shape index (κ1) is 15.8. The highest BCUT2D eigenvalue weighted by Gasteiger charge is 2.14. The number of hydrogen-bond acceptors (Lipinski definition) is 2. The van der Waals surface area contributed by atoms with E-state index in [1.54, 1.807) is 6.92 Å². The smallest absolute Gasteiger partial charge is 0.246 e. The van der Waals surface area contributed by atoms with Crippen molar-refractivity contribution in [3.05, 3.63) is 57.8 Å². The molecule has 0 bridgehead atoms. The maximum absolute atomic E-state index is 13.6. The van der Waals surface area contributed by atoms with Gasteiger partial charge in [-0.15, -0.1) is 0 Å². The Morgan fingerprint density at radius 1 is 1.24 bits per heavy atom. The summed E-state index contributed by atoms with van der Waals surface area (Å²) in [6.07, 6.45) is 0. The van der Waals surface area contributed by atoms with Crippen LogP contribution in [0.1, 0.15) is 6.92 Å². The van der Waals surface area contributed by atoms with E-state index in [1.807, 2.05) is 24.3 Å². The zero-order valence-electron chi connectivity index (χ0n) is 11.2. The van der Waals surface area contributed by atoms with Crippen molar-refractivity contribution in [1.82, 2.24) is 0 Å². The molecule has 2 N–H and O–H groups in total. The van der Waals surface area contributed by atoms with Gasteiger partial charge in [0.1, 0.15) is 11.9 Å². The first-order valence-electron chi connectivity index (χ1n) is 6.24. The lowest BCUT2D eigenvalue weighted by Gasteiger charge is -2.15. The lowest BCUT2D eigenvalue weighted by molar-refractivity contribution is -0.116. The summed E-state index contributed by atoms with van der Waals surface area (Å²) < 4.78 is 14.6. The van der Waals surface area contributed by atoms with E-state index in [0.717, 1.165) is 16.2 Å². The zero-order chi connectivity index (χ0) is 15.4. The number of benzene rings is 2. The van der Waals surface area contributed by atoms with Gasteiger partial charge in [0.2, 0.25) is 5.91 Å². The molecular weight excluding hydrogens is 359 g/mol. The maximum atomic E-state index is 13.6. The van der Waals surface area contributed by atoms with Crippen LogP contribution in [0.4, 0.5) is 15.8 Å². The van der Waals surface area contributed by atoms with Crippen LogP contribution >= 0.6 is 27.5 Å². The maximum Gasteiger partial charge on any atom is 0.246 e. The quantitative estimate of drug-likeness (QED) is 0.819. The van der Waals surface area contributed by atoms with Gasteiger partial charge in [0.15, 0.2) is 0 Å². The van der Waals surface area contributed by atoms with E-state index >= 15 is 0 Å². The first-order valence-corrected chi connectivity index (χ1v) is 7.41. The summed E-state index contributed by atoms with van der Waals surface area (Å²) in [5, 5.41) is 5.85. The van der Waals surface area contributed by atoms with Gasteiger partial charge >= 0.3 is 0 Å². The second-order valence-corrected chi connectivity index (χ2v) is 5.84. The van der Waals surface area contributed by atoms with Gasteiger partial charge in [-0.05, 0) is 49.4 Å². The van der Waals surface area contributed by atoms with E-state index in [-0.39, 0.29) is 16.6 Å². The summed E-state index contributed by atoms with van der Waals surface area (Å²) in [6, 6.07) is 11.0. The molecule has 0 saturated heterocycles. The van der Waals surface area contributed by atoms with Gasteiger partial charge in [0, 0.05) is 15.2 Å². The normalized spacial score (nSPS) is 11.8. The third-order valence-electron chi connectivity index (χ3n) is 2.81. The number of amides is 1. The lowest BCUT2D eigenvalue weighted by atomic mass is 10.2. The molecule has 1 atom stereocenters. The molecule has 1 unspecified atom stereocenters.